The first-order valence-corrected chi connectivity index (χ1v) is 8.57. The zero-order valence-electron chi connectivity index (χ0n) is 12.6. The molecule has 21 heavy (non-hydrogen) atoms. The minimum absolute atomic E-state index is 0.00798. The second-order valence-corrected chi connectivity index (χ2v) is 6.63. The average molecular weight is 315 g/mol. The molecular formula is C14H22FN3O2S. The summed E-state index contributed by atoms with van der Waals surface area (Å²) in [4.78, 5) is 16.0. The summed E-state index contributed by atoms with van der Waals surface area (Å²) in [6, 6.07) is 1.17. The van der Waals surface area contributed by atoms with Crippen LogP contribution in [-0.2, 0) is 10.8 Å². The molecule has 0 aliphatic rings. The molecule has 0 aromatic carbocycles. The Balaban J connectivity index is 2.67. The first-order valence-electron chi connectivity index (χ1n) is 6.95. The summed E-state index contributed by atoms with van der Waals surface area (Å²) >= 11 is 0. The summed E-state index contributed by atoms with van der Waals surface area (Å²) < 4.78 is 24.5. The Morgan fingerprint density at radius 3 is 2.81 bits per heavy atom. The third-order valence-electron chi connectivity index (χ3n) is 3.04. The fourth-order valence-corrected chi connectivity index (χ4v) is 2.10. The zero-order chi connectivity index (χ0) is 15.8. The van der Waals surface area contributed by atoms with Gasteiger partial charge in [-0.1, -0.05) is 13.8 Å². The number of nitrogens with zero attached hydrogens (tertiary/aromatic N) is 1. The van der Waals surface area contributed by atoms with E-state index in [1.807, 2.05) is 13.8 Å². The lowest BCUT2D eigenvalue weighted by Crippen LogP contribution is -2.28. The number of rotatable bonds is 8. The van der Waals surface area contributed by atoms with Gasteiger partial charge in [0.15, 0.2) is 0 Å². The van der Waals surface area contributed by atoms with Gasteiger partial charge in [-0.05, 0) is 18.9 Å². The predicted molar refractivity (Wildman–Crippen MR) is 83.5 cm³/mol. The fourth-order valence-electron chi connectivity index (χ4n) is 1.65. The van der Waals surface area contributed by atoms with Crippen molar-refractivity contribution >= 4 is 22.5 Å². The number of anilines is 1. The Hall–Kier alpha value is -1.50. The van der Waals surface area contributed by atoms with Crippen molar-refractivity contribution in [3.8, 4) is 0 Å². The molecule has 0 saturated carbocycles. The van der Waals surface area contributed by atoms with Gasteiger partial charge in [-0.2, -0.15) is 0 Å². The van der Waals surface area contributed by atoms with Gasteiger partial charge in [0.05, 0.1) is 11.8 Å². The highest BCUT2D eigenvalue weighted by atomic mass is 32.2. The van der Waals surface area contributed by atoms with Gasteiger partial charge in [0, 0.05) is 35.4 Å². The molecule has 0 fully saturated rings. The summed E-state index contributed by atoms with van der Waals surface area (Å²) in [5.41, 5.74) is 0.189. The Labute approximate surface area is 127 Å². The predicted octanol–water partition coefficient (Wildman–Crippen LogP) is 1.93. The molecule has 1 aromatic rings. The SMILES string of the molecule is CCCNc1ncc(F)cc1C(=O)NCCC(C)S(C)=O. The van der Waals surface area contributed by atoms with E-state index in [0.717, 1.165) is 12.6 Å². The molecule has 0 bridgehead atoms. The molecule has 1 rings (SSSR count). The number of pyridine rings is 1. The second-order valence-electron chi connectivity index (χ2n) is 4.83. The number of hydrogen-bond acceptors (Lipinski definition) is 4. The number of amides is 1. The molecule has 118 valence electrons. The van der Waals surface area contributed by atoms with Gasteiger partial charge in [0.25, 0.3) is 5.91 Å². The number of halogens is 1. The lowest BCUT2D eigenvalue weighted by atomic mass is 10.2. The third kappa shape index (κ3) is 5.79. The summed E-state index contributed by atoms with van der Waals surface area (Å²) in [5, 5.41) is 5.72. The van der Waals surface area contributed by atoms with Crippen LogP contribution in [-0.4, -0.2) is 39.7 Å². The van der Waals surface area contributed by atoms with E-state index in [2.05, 4.69) is 15.6 Å². The monoisotopic (exact) mass is 315 g/mol. The number of carbonyl (C=O) groups is 1. The van der Waals surface area contributed by atoms with E-state index in [1.54, 1.807) is 6.26 Å². The van der Waals surface area contributed by atoms with E-state index in [4.69, 9.17) is 0 Å². The van der Waals surface area contributed by atoms with E-state index in [1.165, 1.54) is 6.07 Å². The average Bonchev–Trinajstić information content (AvgIpc) is 2.45. The normalized spacial score (nSPS) is 13.5. The Morgan fingerprint density at radius 1 is 1.48 bits per heavy atom. The molecule has 0 aliphatic heterocycles. The first-order chi connectivity index (χ1) is 9.95. The van der Waals surface area contributed by atoms with Crippen LogP contribution in [0.3, 0.4) is 0 Å². The molecule has 2 unspecified atom stereocenters. The molecule has 1 amide bonds. The molecule has 0 aliphatic carbocycles. The highest BCUT2D eigenvalue weighted by Gasteiger charge is 2.14. The van der Waals surface area contributed by atoms with Crippen LogP contribution in [0.5, 0.6) is 0 Å². The molecule has 7 heteroatoms. The summed E-state index contributed by atoms with van der Waals surface area (Å²) in [6.07, 6.45) is 4.20. The molecular weight excluding hydrogens is 293 g/mol. The Kier molecular flexibility index (Phi) is 7.28. The zero-order valence-corrected chi connectivity index (χ0v) is 13.4. The minimum Gasteiger partial charge on any atom is -0.369 e. The highest BCUT2D eigenvalue weighted by Crippen LogP contribution is 2.13. The van der Waals surface area contributed by atoms with Gasteiger partial charge >= 0.3 is 0 Å². The fraction of sp³-hybridized carbons (Fsp3) is 0.571. The molecule has 5 nitrogen and oxygen atoms in total. The van der Waals surface area contributed by atoms with Gasteiger partial charge in [-0.3, -0.25) is 9.00 Å². The van der Waals surface area contributed by atoms with Gasteiger partial charge in [-0.15, -0.1) is 0 Å². The minimum atomic E-state index is -0.918. The van der Waals surface area contributed by atoms with Crippen molar-refractivity contribution in [1.29, 1.82) is 0 Å². The molecule has 2 atom stereocenters. The van der Waals surface area contributed by atoms with Gasteiger partial charge < -0.3 is 10.6 Å². The van der Waals surface area contributed by atoms with Crippen LogP contribution >= 0.6 is 0 Å². The summed E-state index contributed by atoms with van der Waals surface area (Å²) in [6.45, 7) is 4.90. The molecule has 0 spiro atoms. The molecule has 0 saturated heterocycles. The van der Waals surface area contributed by atoms with E-state index >= 15 is 0 Å². The lowest BCUT2D eigenvalue weighted by molar-refractivity contribution is 0.0953. The Bertz CT molecular complexity index is 511. The largest absolute Gasteiger partial charge is 0.369 e. The molecule has 1 aromatic heterocycles. The van der Waals surface area contributed by atoms with E-state index < -0.39 is 16.6 Å². The van der Waals surface area contributed by atoms with Crippen molar-refractivity contribution in [3.05, 3.63) is 23.6 Å². The van der Waals surface area contributed by atoms with Crippen LogP contribution in [0.4, 0.5) is 10.2 Å². The van der Waals surface area contributed by atoms with Crippen LogP contribution in [0.25, 0.3) is 0 Å². The van der Waals surface area contributed by atoms with Crippen LogP contribution in [0, 0.1) is 5.82 Å². The third-order valence-corrected chi connectivity index (χ3v) is 4.41. The first kappa shape index (κ1) is 17.6. The number of nitrogens with one attached hydrogen (secondary N) is 2. The quantitative estimate of drug-likeness (QED) is 0.769. The van der Waals surface area contributed by atoms with Crippen molar-refractivity contribution < 1.29 is 13.4 Å². The number of hydrogen-bond donors (Lipinski definition) is 2. The van der Waals surface area contributed by atoms with E-state index in [-0.39, 0.29) is 16.7 Å². The smallest absolute Gasteiger partial charge is 0.255 e. The van der Waals surface area contributed by atoms with E-state index in [0.29, 0.717) is 25.3 Å². The van der Waals surface area contributed by atoms with Crippen molar-refractivity contribution in [1.82, 2.24) is 10.3 Å². The number of carbonyl (C=O) groups excluding carboxylic acids is 1. The lowest BCUT2D eigenvalue weighted by Gasteiger charge is -2.12. The standard InChI is InChI=1S/C14H22FN3O2S/c1-4-6-16-13-12(8-11(15)9-18-13)14(19)17-7-5-10(2)21(3)20/h8-10H,4-7H2,1-3H3,(H,16,18)(H,17,19). The summed E-state index contributed by atoms with van der Waals surface area (Å²) in [5.74, 6) is -0.553. The Morgan fingerprint density at radius 2 is 2.19 bits per heavy atom. The van der Waals surface area contributed by atoms with Crippen molar-refractivity contribution in [2.24, 2.45) is 0 Å². The van der Waals surface area contributed by atoms with Crippen LogP contribution in [0.15, 0.2) is 12.3 Å². The number of aromatic nitrogens is 1. The van der Waals surface area contributed by atoms with Crippen LogP contribution in [0.2, 0.25) is 0 Å². The van der Waals surface area contributed by atoms with Crippen LogP contribution in [0.1, 0.15) is 37.0 Å². The van der Waals surface area contributed by atoms with Gasteiger partial charge in [-0.25, -0.2) is 9.37 Å². The summed E-state index contributed by atoms with van der Waals surface area (Å²) in [7, 11) is -0.918. The van der Waals surface area contributed by atoms with Crippen molar-refractivity contribution in [3.63, 3.8) is 0 Å². The van der Waals surface area contributed by atoms with E-state index in [9.17, 15) is 13.4 Å². The van der Waals surface area contributed by atoms with Gasteiger partial charge in [0.1, 0.15) is 11.6 Å². The van der Waals surface area contributed by atoms with Crippen molar-refractivity contribution in [2.45, 2.75) is 31.9 Å². The van der Waals surface area contributed by atoms with Crippen molar-refractivity contribution in [2.75, 3.05) is 24.7 Å². The van der Waals surface area contributed by atoms with Crippen LogP contribution < -0.4 is 10.6 Å². The molecule has 1 heterocycles. The topological polar surface area (TPSA) is 71.1 Å². The maximum atomic E-state index is 13.3. The maximum absolute atomic E-state index is 13.3. The highest BCUT2D eigenvalue weighted by molar-refractivity contribution is 7.84. The molecule has 2 N–H and O–H groups in total. The second kappa shape index (κ2) is 8.71. The van der Waals surface area contributed by atoms with Gasteiger partial charge in [0.2, 0.25) is 0 Å². The molecule has 0 radical (unpaired) electrons. The maximum Gasteiger partial charge on any atom is 0.255 e.